The molecule has 0 atom stereocenters. The Morgan fingerprint density at radius 2 is 1.94 bits per heavy atom. The predicted octanol–water partition coefficient (Wildman–Crippen LogP) is 2.95. The molecule has 3 rings (SSSR count). The third-order valence-corrected chi connectivity index (χ3v) is 2.78. The lowest BCUT2D eigenvalue weighted by atomic mass is 10.0. The van der Waals surface area contributed by atoms with Gasteiger partial charge >= 0.3 is 0 Å². The number of nitrogens with zero attached hydrogens (tertiary/aromatic N) is 1. The monoisotopic (exact) mass is 227 g/mol. The van der Waals surface area contributed by atoms with Crippen LogP contribution in [0.3, 0.4) is 0 Å². The summed E-state index contributed by atoms with van der Waals surface area (Å²) in [6, 6.07) is 12.2. The second-order valence-electron chi connectivity index (χ2n) is 3.85. The Labute approximate surface area is 97.1 Å². The number of aromatic nitrogens is 2. The smallest absolute Gasteiger partial charge is 0.153 e. The van der Waals surface area contributed by atoms with Crippen molar-refractivity contribution in [2.75, 3.05) is 5.73 Å². The van der Waals surface area contributed by atoms with E-state index in [0.29, 0.717) is 11.4 Å². The van der Waals surface area contributed by atoms with E-state index < -0.39 is 0 Å². The minimum atomic E-state index is -0.242. The van der Waals surface area contributed by atoms with E-state index in [9.17, 15) is 4.39 Å². The van der Waals surface area contributed by atoms with Gasteiger partial charge in [-0.1, -0.05) is 24.3 Å². The number of benzene rings is 2. The summed E-state index contributed by atoms with van der Waals surface area (Å²) >= 11 is 0. The Hall–Kier alpha value is -2.36. The van der Waals surface area contributed by atoms with Crippen molar-refractivity contribution in [3.63, 3.8) is 0 Å². The van der Waals surface area contributed by atoms with E-state index in [1.165, 1.54) is 6.07 Å². The topological polar surface area (TPSA) is 54.7 Å². The zero-order valence-corrected chi connectivity index (χ0v) is 8.94. The van der Waals surface area contributed by atoms with Gasteiger partial charge in [0.15, 0.2) is 5.82 Å². The number of anilines is 1. The highest BCUT2D eigenvalue weighted by atomic mass is 19.1. The molecule has 0 radical (unpaired) electrons. The molecule has 0 amide bonds. The Morgan fingerprint density at radius 3 is 2.76 bits per heavy atom. The summed E-state index contributed by atoms with van der Waals surface area (Å²) in [6.45, 7) is 0. The molecule has 0 bridgehead atoms. The van der Waals surface area contributed by atoms with Gasteiger partial charge in [-0.2, -0.15) is 5.10 Å². The molecule has 2 aromatic carbocycles. The summed E-state index contributed by atoms with van der Waals surface area (Å²) in [5.41, 5.74) is 7.93. The SMILES string of the molecule is Nc1n[nH]c2ccc(-c3ccccc3F)cc12. The molecule has 3 N–H and O–H groups in total. The maximum Gasteiger partial charge on any atom is 0.153 e. The molecule has 0 aliphatic carbocycles. The van der Waals surface area contributed by atoms with E-state index in [1.807, 2.05) is 18.2 Å². The highest BCUT2D eigenvalue weighted by Gasteiger charge is 2.07. The van der Waals surface area contributed by atoms with Crippen molar-refractivity contribution >= 4 is 16.7 Å². The average Bonchev–Trinajstić information content (AvgIpc) is 2.71. The van der Waals surface area contributed by atoms with Crippen LogP contribution in [-0.2, 0) is 0 Å². The molecule has 0 aliphatic rings. The molecule has 0 saturated carbocycles. The Morgan fingerprint density at radius 1 is 1.12 bits per heavy atom. The van der Waals surface area contributed by atoms with Crippen LogP contribution in [0.2, 0.25) is 0 Å². The number of nitrogens with one attached hydrogen (secondary N) is 1. The highest BCUT2D eigenvalue weighted by molar-refractivity contribution is 5.92. The van der Waals surface area contributed by atoms with Crippen molar-refractivity contribution in [1.82, 2.24) is 10.2 Å². The van der Waals surface area contributed by atoms with Gasteiger partial charge in [0.05, 0.1) is 5.52 Å². The van der Waals surface area contributed by atoms with E-state index in [-0.39, 0.29) is 5.82 Å². The van der Waals surface area contributed by atoms with Gasteiger partial charge in [0.25, 0.3) is 0 Å². The maximum atomic E-state index is 13.6. The van der Waals surface area contributed by atoms with Gasteiger partial charge in [-0.05, 0) is 23.8 Å². The first kappa shape index (κ1) is 9.84. The minimum absolute atomic E-state index is 0.242. The average molecular weight is 227 g/mol. The van der Waals surface area contributed by atoms with E-state index in [4.69, 9.17) is 5.73 Å². The second kappa shape index (κ2) is 3.59. The number of nitrogen functional groups attached to an aromatic ring is 1. The highest BCUT2D eigenvalue weighted by Crippen LogP contribution is 2.27. The van der Waals surface area contributed by atoms with Crippen LogP contribution in [0, 0.1) is 5.82 Å². The van der Waals surface area contributed by atoms with Crippen LogP contribution in [0.1, 0.15) is 0 Å². The number of hydrogen-bond acceptors (Lipinski definition) is 2. The molecular formula is C13H10FN3. The van der Waals surface area contributed by atoms with Crippen molar-refractivity contribution in [2.45, 2.75) is 0 Å². The fraction of sp³-hybridized carbons (Fsp3) is 0. The van der Waals surface area contributed by atoms with E-state index in [0.717, 1.165) is 16.5 Å². The van der Waals surface area contributed by atoms with E-state index >= 15 is 0 Å². The number of rotatable bonds is 1. The van der Waals surface area contributed by atoms with E-state index in [2.05, 4.69) is 10.2 Å². The molecule has 4 heteroatoms. The molecule has 0 fully saturated rings. The zero-order chi connectivity index (χ0) is 11.8. The fourth-order valence-corrected chi connectivity index (χ4v) is 1.90. The number of H-pyrrole nitrogens is 1. The van der Waals surface area contributed by atoms with Crippen molar-refractivity contribution in [3.05, 3.63) is 48.3 Å². The third kappa shape index (κ3) is 1.54. The molecule has 84 valence electrons. The molecule has 0 spiro atoms. The molecule has 0 aliphatic heterocycles. The Kier molecular flexibility index (Phi) is 2.08. The molecule has 17 heavy (non-hydrogen) atoms. The van der Waals surface area contributed by atoms with Crippen LogP contribution in [0.25, 0.3) is 22.0 Å². The lowest BCUT2D eigenvalue weighted by molar-refractivity contribution is 0.631. The van der Waals surface area contributed by atoms with Crippen molar-refractivity contribution < 1.29 is 4.39 Å². The molecule has 0 unspecified atom stereocenters. The molecule has 0 saturated heterocycles. The fourth-order valence-electron chi connectivity index (χ4n) is 1.90. The van der Waals surface area contributed by atoms with E-state index in [1.54, 1.807) is 18.2 Å². The standard InChI is InChI=1S/C13H10FN3/c14-11-4-2-1-3-9(11)8-5-6-12-10(7-8)13(15)17-16-12/h1-7H,(H3,15,16,17). The van der Waals surface area contributed by atoms with Crippen LogP contribution >= 0.6 is 0 Å². The first-order valence-electron chi connectivity index (χ1n) is 5.24. The van der Waals surface area contributed by atoms with Crippen molar-refractivity contribution in [3.8, 4) is 11.1 Å². The molecular weight excluding hydrogens is 217 g/mol. The predicted molar refractivity (Wildman–Crippen MR) is 65.9 cm³/mol. The molecule has 1 aromatic heterocycles. The lowest BCUT2D eigenvalue weighted by Crippen LogP contribution is -1.86. The summed E-state index contributed by atoms with van der Waals surface area (Å²) in [4.78, 5) is 0. The normalized spacial score (nSPS) is 10.9. The van der Waals surface area contributed by atoms with Crippen LogP contribution in [0.4, 0.5) is 10.2 Å². The largest absolute Gasteiger partial charge is 0.382 e. The molecule has 3 nitrogen and oxygen atoms in total. The quantitative estimate of drug-likeness (QED) is 0.671. The summed E-state index contributed by atoms with van der Waals surface area (Å²) in [6.07, 6.45) is 0. The molecule has 3 aromatic rings. The van der Waals surface area contributed by atoms with Crippen molar-refractivity contribution in [2.24, 2.45) is 0 Å². The number of halogens is 1. The number of aromatic amines is 1. The van der Waals surface area contributed by atoms with Gasteiger partial charge in [-0.15, -0.1) is 0 Å². The summed E-state index contributed by atoms with van der Waals surface area (Å²) in [7, 11) is 0. The number of hydrogen-bond donors (Lipinski definition) is 2. The lowest BCUT2D eigenvalue weighted by Gasteiger charge is -2.03. The van der Waals surface area contributed by atoms with Gasteiger partial charge in [0.1, 0.15) is 5.82 Å². The minimum Gasteiger partial charge on any atom is -0.382 e. The first-order chi connectivity index (χ1) is 8.25. The zero-order valence-electron chi connectivity index (χ0n) is 8.94. The van der Waals surface area contributed by atoms with Gasteiger partial charge < -0.3 is 5.73 Å². The van der Waals surface area contributed by atoms with Gasteiger partial charge in [-0.25, -0.2) is 4.39 Å². The molecule has 1 heterocycles. The summed E-state index contributed by atoms with van der Waals surface area (Å²) < 4.78 is 13.6. The van der Waals surface area contributed by atoms with Gasteiger partial charge in [0, 0.05) is 10.9 Å². The second-order valence-corrected chi connectivity index (χ2v) is 3.85. The van der Waals surface area contributed by atoms with Crippen LogP contribution in [-0.4, -0.2) is 10.2 Å². The third-order valence-electron chi connectivity index (χ3n) is 2.78. The number of nitrogens with two attached hydrogens (primary N) is 1. The maximum absolute atomic E-state index is 13.6. The first-order valence-corrected chi connectivity index (χ1v) is 5.24. The Balaban J connectivity index is 2.24. The van der Waals surface area contributed by atoms with Gasteiger partial charge in [-0.3, -0.25) is 5.10 Å². The van der Waals surface area contributed by atoms with Gasteiger partial charge in [0.2, 0.25) is 0 Å². The Bertz CT molecular complexity index is 688. The summed E-state index contributed by atoms with van der Waals surface area (Å²) in [5, 5.41) is 7.54. The van der Waals surface area contributed by atoms with Crippen LogP contribution in [0.5, 0.6) is 0 Å². The van der Waals surface area contributed by atoms with Crippen molar-refractivity contribution in [1.29, 1.82) is 0 Å². The van der Waals surface area contributed by atoms with Crippen LogP contribution in [0.15, 0.2) is 42.5 Å². The van der Waals surface area contributed by atoms with Crippen LogP contribution < -0.4 is 5.73 Å². The summed E-state index contributed by atoms with van der Waals surface area (Å²) in [5.74, 6) is 0.187. The number of fused-ring (bicyclic) bond motifs is 1.